The van der Waals surface area contributed by atoms with E-state index in [1.807, 2.05) is 6.07 Å². The van der Waals surface area contributed by atoms with Crippen molar-refractivity contribution in [3.63, 3.8) is 0 Å². The summed E-state index contributed by atoms with van der Waals surface area (Å²) in [6.07, 6.45) is 1.53. The van der Waals surface area contributed by atoms with Crippen LogP contribution in [0.3, 0.4) is 0 Å². The monoisotopic (exact) mass is 256 g/mol. The summed E-state index contributed by atoms with van der Waals surface area (Å²) >= 11 is 0. The van der Waals surface area contributed by atoms with Gasteiger partial charge in [0.2, 0.25) is 0 Å². The van der Waals surface area contributed by atoms with E-state index in [9.17, 15) is 4.79 Å². The maximum Gasteiger partial charge on any atom is 0.299 e. The second kappa shape index (κ2) is 5.31. The Morgan fingerprint density at radius 3 is 2.95 bits per heavy atom. The van der Waals surface area contributed by atoms with Gasteiger partial charge in [-0.3, -0.25) is 9.36 Å². The van der Waals surface area contributed by atoms with Gasteiger partial charge in [-0.05, 0) is 24.6 Å². The summed E-state index contributed by atoms with van der Waals surface area (Å²) in [6, 6.07) is 7.02. The van der Waals surface area contributed by atoms with Crippen molar-refractivity contribution in [3.05, 3.63) is 51.7 Å². The molecule has 0 bridgehead atoms. The molecule has 0 amide bonds. The van der Waals surface area contributed by atoms with Crippen molar-refractivity contribution in [1.29, 1.82) is 5.26 Å². The molecule has 0 aromatic carbocycles. The molecule has 0 aliphatic carbocycles. The molecule has 6 nitrogen and oxygen atoms in total. The van der Waals surface area contributed by atoms with E-state index in [2.05, 4.69) is 9.97 Å². The van der Waals surface area contributed by atoms with Gasteiger partial charge >= 0.3 is 0 Å². The second-order valence-electron chi connectivity index (χ2n) is 3.97. The number of pyridine rings is 1. The lowest BCUT2D eigenvalue weighted by molar-refractivity contribution is 0.350. The molecule has 0 aliphatic rings. The van der Waals surface area contributed by atoms with Crippen LogP contribution < -0.4 is 10.3 Å². The number of nitriles is 1. The van der Waals surface area contributed by atoms with Crippen molar-refractivity contribution in [2.75, 3.05) is 7.11 Å². The van der Waals surface area contributed by atoms with Crippen molar-refractivity contribution < 1.29 is 4.74 Å². The van der Waals surface area contributed by atoms with Crippen LogP contribution in [0.5, 0.6) is 6.01 Å². The topological polar surface area (TPSA) is 80.8 Å². The Morgan fingerprint density at radius 1 is 1.47 bits per heavy atom. The summed E-state index contributed by atoms with van der Waals surface area (Å²) < 4.78 is 6.51. The molecule has 0 fully saturated rings. The van der Waals surface area contributed by atoms with Gasteiger partial charge in [-0.15, -0.1) is 0 Å². The first-order valence-corrected chi connectivity index (χ1v) is 5.61. The highest BCUT2D eigenvalue weighted by Crippen LogP contribution is 2.09. The molecule has 0 spiro atoms. The van der Waals surface area contributed by atoms with Gasteiger partial charge in [0, 0.05) is 18.0 Å². The highest BCUT2D eigenvalue weighted by molar-refractivity contribution is 5.26. The quantitative estimate of drug-likeness (QED) is 0.814. The van der Waals surface area contributed by atoms with Crippen LogP contribution in [0.15, 0.2) is 29.2 Å². The molecule has 19 heavy (non-hydrogen) atoms. The summed E-state index contributed by atoms with van der Waals surface area (Å²) in [7, 11) is 1.46. The molecule has 6 heteroatoms. The van der Waals surface area contributed by atoms with E-state index in [1.54, 1.807) is 19.1 Å². The predicted octanol–water partition coefficient (Wildman–Crippen LogP) is 0.875. The van der Waals surface area contributed by atoms with E-state index < -0.39 is 0 Å². The zero-order chi connectivity index (χ0) is 13.8. The Morgan fingerprint density at radius 2 is 2.26 bits per heavy atom. The molecule has 0 atom stereocenters. The number of rotatable bonds is 3. The lowest BCUT2D eigenvalue weighted by Gasteiger charge is -2.10. The van der Waals surface area contributed by atoms with Crippen molar-refractivity contribution in [3.8, 4) is 12.1 Å². The van der Waals surface area contributed by atoms with Gasteiger partial charge in [0.1, 0.15) is 11.8 Å². The lowest BCUT2D eigenvalue weighted by atomic mass is 10.2. The number of hydrogen-bond acceptors (Lipinski definition) is 5. The molecule has 2 rings (SSSR count). The SMILES string of the molecule is COc1nc(C)cc(=O)n1Cc1ccnc(C#N)c1. The fourth-order valence-corrected chi connectivity index (χ4v) is 1.71. The first-order valence-electron chi connectivity index (χ1n) is 5.61. The smallest absolute Gasteiger partial charge is 0.299 e. The fourth-order valence-electron chi connectivity index (χ4n) is 1.71. The first-order chi connectivity index (χ1) is 9.13. The van der Waals surface area contributed by atoms with E-state index in [4.69, 9.17) is 10.00 Å². The van der Waals surface area contributed by atoms with E-state index in [0.717, 1.165) is 5.56 Å². The third kappa shape index (κ3) is 2.77. The summed E-state index contributed by atoms with van der Waals surface area (Å²) in [5.74, 6) is 0. The number of hydrogen-bond donors (Lipinski definition) is 0. The molecule has 2 aromatic rings. The van der Waals surface area contributed by atoms with Crippen LogP contribution in [0.25, 0.3) is 0 Å². The minimum absolute atomic E-state index is 0.195. The predicted molar refractivity (Wildman–Crippen MR) is 67.8 cm³/mol. The highest BCUT2D eigenvalue weighted by Gasteiger charge is 2.08. The Balaban J connectivity index is 2.43. The molecule has 2 aromatic heterocycles. The minimum atomic E-state index is -0.195. The Labute approximate surface area is 109 Å². The molecule has 96 valence electrons. The highest BCUT2D eigenvalue weighted by atomic mass is 16.5. The second-order valence-corrected chi connectivity index (χ2v) is 3.97. The van der Waals surface area contributed by atoms with Gasteiger partial charge < -0.3 is 4.74 Å². The zero-order valence-electron chi connectivity index (χ0n) is 10.6. The molecule has 2 heterocycles. The number of methoxy groups -OCH3 is 1. The van der Waals surface area contributed by atoms with E-state index in [1.165, 1.54) is 23.9 Å². The Hall–Kier alpha value is -2.68. The van der Waals surface area contributed by atoms with Crippen LogP contribution in [0, 0.1) is 18.3 Å². The molecular weight excluding hydrogens is 244 g/mol. The zero-order valence-corrected chi connectivity index (χ0v) is 10.6. The van der Waals surface area contributed by atoms with Crippen molar-refractivity contribution >= 4 is 0 Å². The molecular formula is C13H12N4O2. The maximum atomic E-state index is 11.9. The van der Waals surface area contributed by atoms with Crippen LogP contribution in [-0.4, -0.2) is 21.6 Å². The summed E-state index contributed by atoms with van der Waals surface area (Å²) in [6.45, 7) is 2.01. The van der Waals surface area contributed by atoms with Crippen LogP contribution in [-0.2, 0) is 6.54 Å². The number of aromatic nitrogens is 3. The standard InChI is InChI=1S/C13H12N4O2/c1-9-5-12(18)17(13(16-9)19-2)8-10-3-4-15-11(6-10)7-14/h3-6H,8H2,1-2H3. The van der Waals surface area contributed by atoms with Gasteiger partial charge in [0.25, 0.3) is 11.6 Å². The third-order valence-electron chi connectivity index (χ3n) is 2.56. The van der Waals surface area contributed by atoms with Crippen LogP contribution in [0.4, 0.5) is 0 Å². The summed E-state index contributed by atoms with van der Waals surface area (Å²) in [5, 5.41) is 8.80. The molecule has 0 aliphatic heterocycles. The minimum Gasteiger partial charge on any atom is -0.468 e. The van der Waals surface area contributed by atoms with Crippen molar-refractivity contribution in [2.45, 2.75) is 13.5 Å². The van der Waals surface area contributed by atoms with Gasteiger partial charge in [-0.2, -0.15) is 5.26 Å². The van der Waals surface area contributed by atoms with Crippen LogP contribution in [0.2, 0.25) is 0 Å². The van der Waals surface area contributed by atoms with Crippen LogP contribution >= 0.6 is 0 Å². The van der Waals surface area contributed by atoms with Crippen LogP contribution in [0.1, 0.15) is 17.0 Å². The van der Waals surface area contributed by atoms with Crippen molar-refractivity contribution in [2.24, 2.45) is 0 Å². The van der Waals surface area contributed by atoms with Gasteiger partial charge in [0.05, 0.1) is 13.7 Å². The molecule has 0 radical (unpaired) electrons. The average Bonchev–Trinajstić information content (AvgIpc) is 2.41. The summed E-state index contributed by atoms with van der Waals surface area (Å²) in [4.78, 5) is 20.0. The van der Waals surface area contributed by atoms with E-state index >= 15 is 0 Å². The van der Waals surface area contributed by atoms with Crippen molar-refractivity contribution in [1.82, 2.24) is 14.5 Å². The number of nitrogens with zero attached hydrogens (tertiary/aromatic N) is 4. The van der Waals surface area contributed by atoms with E-state index in [0.29, 0.717) is 11.4 Å². The maximum absolute atomic E-state index is 11.9. The Bertz CT molecular complexity index is 701. The lowest BCUT2D eigenvalue weighted by Crippen LogP contribution is -2.23. The third-order valence-corrected chi connectivity index (χ3v) is 2.56. The molecule has 0 saturated heterocycles. The molecule has 0 unspecified atom stereocenters. The van der Waals surface area contributed by atoms with Gasteiger partial charge in [-0.1, -0.05) is 0 Å². The summed E-state index contributed by atoms with van der Waals surface area (Å²) in [5.41, 5.74) is 1.51. The fraction of sp³-hybridized carbons (Fsp3) is 0.231. The average molecular weight is 256 g/mol. The molecule has 0 saturated carbocycles. The molecule has 0 N–H and O–H groups in total. The Kier molecular flexibility index (Phi) is 3.57. The number of ether oxygens (including phenoxy) is 1. The number of aryl methyl sites for hydroxylation is 1. The van der Waals surface area contributed by atoms with E-state index in [-0.39, 0.29) is 18.1 Å². The normalized spacial score (nSPS) is 9.95. The first kappa shape index (κ1) is 12.8. The van der Waals surface area contributed by atoms with Gasteiger partial charge in [-0.25, -0.2) is 9.97 Å². The van der Waals surface area contributed by atoms with Gasteiger partial charge in [0.15, 0.2) is 0 Å². The largest absolute Gasteiger partial charge is 0.468 e.